The maximum Gasteiger partial charge on any atom is 0.250 e. The molecule has 0 bridgehead atoms. The molecule has 2 aromatic rings. The lowest BCUT2D eigenvalue weighted by Gasteiger charge is -2.37. The molecule has 1 aliphatic carbocycles. The molecule has 2 N–H and O–H groups in total. The fourth-order valence-electron chi connectivity index (χ4n) is 3.39. The first kappa shape index (κ1) is 19.1. The zero-order chi connectivity index (χ0) is 18.9. The first-order valence-corrected chi connectivity index (χ1v) is 10.9. The minimum Gasteiger partial charge on any atom is -0.351 e. The molecule has 140 valence electrons. The Morgan fingerprint density at radius 2 is 1.96 bits per heavy atom. The quantitative estimate of drug-likeness (QED) is 0.818. The molecule has 7 heteroatoms. The normalized spacial score (nSPS) is 19.0. The van der Waals surface area contributed by atoms with Crippen LogP contribution in [0.25, 0.3) is 0 Å². The van der Waals surface area contributed by atoms with E-state index >= 15 is 0 Å². The van der Waals surface area contributed by atoms with Crippen molar-refractivity contribution in [2.75, 3.05) is 0 Å². The zero-order valence-corrected chi connectivity index (χ0v) is 16.8. The SMILES string of the molecule is CC(=O)NCc1ccc(S(=O)(=O)N[C@@H]2CCC(C)(C)c3ccccc32)s1. The molecule has 0 saturated heterocycles. The predicted octanol–water partition coefficient (Wildman–Crippen LogP) is 3.48. The van der Waals surface area contributed by atoms with Crippen molar-refractivity contribution in [1.29, 1.82) is 0 Å². The maximum absolute atomic E-state index is 12.8. The van der Waals surface area contributed by atoms with Gasteiger partial charge in [-0.25, -0.2) is 13.1 Å². The van der Waals surface area contributed by atoms with Crippen LogP contribution in [-0.2, 0) is 26.8 Å². The van der Waals surface area contributed by atoms with Gasteiger partial charge in [0.1, 0.15) is 4.21 Å². The molecule has 3 rings (SSSR count). The largest absolute Gasteiger partial charge is 0.351 e. The van der Waals surface area contributed by atoms with Crippen molar-refractivity contribution in [3.05, 3.63) is 52.4 Å². The van der Waals surface area contributed by atoms with E-state index in [9.17, 15) is 13.2 Å². The number of carbonyl (C=O) groups excluding carboxylic acids is 1. The molecule has 0 saturated carbocycles. The van der Waals surface area contributed by atoms with E-state index in [-0.39, 0.29) is 21.6 Å². The molecule has 0 unspecified atom stereocenters. The number of hydrogen-bond acceptors (Lipinski definition) is 4. The van der Waals surface area contributed by atoms with E-state index in [0.29, 0.717) is 6.54 Å². The Morgan fingerprint density at radius 1 is 1.23 bits per heavy atom. The van der Waals surface area contributed by atoms with Gasteiger partial charge in [0, 0.05) is 17.8 Å². The Kier molecular flexibility index (Phi) is 5.23. The molecule has 0 spiro atoms. The summed E-state index contributed by atoms with van der Waals surface area (Å²) in [5.74, 6) is -0.137. The van der Waals surface area contributed by atoms with Gasteiger partial charge in [-0.05, 0) is 41.5 Å². The van der Waals surface area contributed by atoms with Crippen LogP contribution in [0.2, 0.25) is 0 Å². The zero-order valence-electron chi connectivity index (χ0n) is 15.2. The Morgan fingerprint density at radius 3 is 2.69 bits per heavy atom. The van der Waals surface area contributed by atoms with E-state index in [1.54, 1.807) is 12.1 Å². The Labute approximate surface area is 158 Å². The molecule has 1 amide bonds. The molecular formula is C19H24N2O3S2. The van der Waals surface area contributed by atoms with Crippen LogP contribution in [0.15, 0.2) is 40.6 Å². The van der Waals surface area contributed by atoms with Gasteiger partial charge in [-0.2, -0.15) is 0 Å². The number of sulfonamides is 1. The number of thiophene rings is 1. The molecule has 1 heterocycles. The Bertz CT molecular complexity index is 916. The molecule has 26 heavy (non-hydrogen) atoms. The summed E-state index contributed by atoms with van der Waals surface area (Å²) in [7, 11) is -3.60. The van der Waals surface area contributed by atoms with Gasteiger partial charge < -0.3 is 5.32 Å². The van der Waals surface area contributed by atoms with Crippen LogP contribution < -0.4 is 10.0 Å². The average molecular weight is 393 g/mol. The summed E-state index contributed by atoms with van der Waals surface area (Å²) >= 11 is 1.19. The maximum atomic E-state index is 12.8. The van der Waals surface area contributed by atoms with Gasteiger partial charge >= 0.3 is 0 Å². The van der Waals surface area contributed by atoms with E-state index in [4.69, 9.17) is 0 Å². The van der Waals surface area contributed by atoms with Crippen LogP contribution in [0.4, 0.5) is 0 Å². The topological polar surface area (TPSA) is 75.3 Å². The Balaban J connectivity index is 1.81. The molecule has 1 aromatic heterocycles. The minimum atomic E-state index is -3.60. The standard InChI is InChI=1S/C19H24N2O3S2/c1-13(22)20-12-14-8-9-18(25-14)26(23,24)21-17-10-11-19(2,3)16-7-5-4-6-15(16)17/h4-9,17,21H,10-12H2,1-3H3,(H,20,22)/t17-/m1/s1. The summed E-state index contributed by atoms with van der Waals surface area (Å²) in [4.78, 5) is 11.8. The second-order valence-corrected chi connectivity index (χ2v) is 10.4. The highest BCUT2D eigenvalue weighted by Gasteiger charge is 2.34. The van der Waals surface area contributed by atoms with Crippen LogP contribution >= 0.6 is 11.3 Å². The number of carbonyl (C=O) groups is 1. The van der Waals surface area contributed by atoms with E-state index in [2.05, 4.69) is 30.0 Å². The van der Waals surface area contributed by atoms with Crippen LogP contribution in [0.5, 0.6) is 0 Å². The number of rotatable bonds is 5. The highest BCUT2D eigenvalue weighted by atomic mass is 32.2. The highest BCUT2D eigenvalue weighted by Crippen LogP contribution is 2.42. The van der Waals surface area contributed by atoms with Crippen molar-refractivity contribution in [3.8, 4) is 0 Å². The molecule has 1 aliphatic rings. The lowest BCUT2D eigenvalue weighted by molar-refractivity contribution is -0.119. The van der Waals surface area contributed by atoms with Crippen LogP contribution in [0, 0.1) is 0 Å². The summed E-state index contributed by atoms with van der Waals surface area (Å²) in [5, 5.41) is 2.69. The third-order valence-corrected chi connectivity index (χ3v) is 7.88. The molecular weight excluding hydrogens is 368 g/mol. The van der Waals surface area contributed by atoms with Gasteiger partial charge in [0.2, 0.25) is 5.91 Å². The van der Waals surface area contributed by atoms with Gasteiger partial charge in [-0.3, -0.25) is 4.79 Å². The molecule has 1 aromatic carbocycles. The fraction of sp³-hybridized carbons (Fsp3) is 0.421. The predicted molar refractivity (Wildman–Crippen MR) is 104 cm³/mol. The fourth-order valence-corrected chi connectivity index (χ4v) is 5.95. The van der Waals surface area contributed by atoms with Crippen molar-refractivity contribution in [1.82, 2.24) is 10.0 Å². The van der Waals surface area contributed by atoms with E-state index < -0.39 is 10.0 Å². The number of hydrogen-bond donors (Lipinski definition) is 2. The number of fused-ring (bicyclic) bond motifs is 1. The summed E-state index contributed by atoms with van der Waals surface area (Å²) < 4.78 is 28.8. The Hall–Kier alpha value is -1.70. The van der Waals surface area contributed by atoms with E-state index in [0.717, 1.165) is 23.3 Å². The van der Waals surface area contributed by atoms with Crippen LogP contribution in [-0.4, -0.2) is 14.3 Å². The van der Waals surface area contributed by atoms with Crippen molar-refractivity contribution < 1.29 is 13.2 Å². The van der Waals surface area contributed by atoms with E-state index in [1.807, 2.05) is 18.2 Å². The molecule has 0 fully saturated rings. The monoisotopic (exact) mass is 392 g/mol. The van der Waals surface area contributed by atoms with E-state index in [1.165, 1.54) is 23.8 Å². The first-order valence-electron chi connectivity index (χ1n) is 8.64. The lowest BCUT2D eigenvalue weighted by Crippen LogP contribution is -2.35. The van der Waals surface area contributed by atoms with Crippen molar-refractivity contribution in [2.24, 2.45) is 0 Å². The molecule has 5 nitrogen and oxygen atoms in total. The summed E-state index contributed by atoms with van der Waals surface area (Å²) in [6.07, 6.45) is 1.70. The number of nitrogens with one attached hydrogen (secondary N) is 2. The summed E-state index contributed by atoms with van der Waals surface area (Å²) in [6, 6.07) is 11.2. The second kappa shape index (κ2) is 7.13. The third-order valence-electron chi connectivity index (χ3n) is 4.83. The number of amides is 1. The summed E-state index contributed by atoms with van der Waals surface area (Å²) in [5.41, 5.74) is 2.31. The second-order valence-electron chi connectivity index (χ2n) is 7.31. The van der Waals surface area contributed by atoms with Gasteiger partial charge in [0.15, 0.2) is 0 Å². The smallest absolute Gasteiger partial charge is 0.250 e. The van der Waals surface area contributed by atoms with Gasteiger partial charge in [0.25, 0.3) is 10.0 Å². The van der Waals surface area contributed by atoms with Gasteiger partial charge in [-0.1, -0.05) is 38.1 Å². The highest BCUT2D eigenvalue weighted by molar-refractivity contribution is 7.91. The van der Waals surface area contributed by atoms with Gasteiger partial charge in [-0.15, -0.1) is 11.3 Å². The van der Waals surface area contributed by atoms with Crippen molar-refractivity contribution in [2.45, 2.75) is 55.8 Å². The first-order chi connectivity index (χ1) is 12.2. The summed E-state index contributed by atoms with van der Waals surface area (Å²) in [6.45, 7) is 6.18. The lowest BCUT2D eigenvalue weighted by atomic mass is 9.71. The van der Waals surface area contributed by atoms with Crippen molar-refractivity contribution in [3.63, 3.8) is 0 Å². The van der Waals surface area contributed by atoms with Crippen molar-refractivity contribution >= 4 is 27.3 Å². The average Bonchev–Trinajstić information content (AvgIpc) is 3.06. The molecule has 0 radical (unpaired) electrons. The molecule has 1 atom stereocenters. The number of benzene rings is 1. The third kappa shape index (κ3) is 4.00. The van der Waals surface area contributed by atoms with Gasteiger partial charge in [0.05, 0.1) is 6.54 Å². The minimum absolute atomic E-state index is 0.0486. The van der Waals surface area contributed by atoms with Crippen LogP contribution in [0.1, 0.15) is 55.7 Å². The molecule has 0 aliphatic heterocycles. The van der Waals surface area contributed by atoms with Crippen LogP contribution in [0.3, 0.4) is 0 Å².